The zero-order valence-corrected chi connectivity index (χ0v) is 15.3. The fourth-order valence-electron chi connectivity index (χ4n) is 3.28. The number of unbranched alkanes of at least 4 members (excludes halogenated alkanes) is 2. The molecule has 0 amide bonds. The Kier molecular flexibility index (Phi) is 8.17. The summed E-state index contributed by atoms with van der Waals surface area (Å²) >= 11 is 0. The largest absolute Gasteiger partial charge is 0.385 e. The molecule has 0 aromatic rings. The molecule has 2 rings (SSSR count). The normalized spacial score (nSPS) is 20.7. The number of ether oxygens (including phenoxy) is 1. The highest BCUT2D eigenvalue weighted by molar-refractivity contribution is 14.0. The van der Waals surface area contributed by atoms with Gasteiger partial charge in [-0.1, -0.05) is 6.42 Å². The summed E-state index contributed by atoms with van der Waals surface area (Å²) in [5, 5.41) is 3.51. The number of aliphatic imine (C=N–C) groups is 1. The van der Waals surface area contributed by atoms with Gasteiger partial charge in [-0.15, -0.1) is 24.0 Å². The van der Waals surface area contributed by atoms with Crippen LogP contribution in [0.2, 0.25) is 0 Å². The lowest BCUT2D eigenvalue weighted by Gasteiger charge is -2.38. The first-order valence-electron chi connectivity index (χ1n) is 7.74. The summed E-state index contributed by atoms with van der Waals surface area (Å²) in [5.74, 6) is 1.11. The summed E-state index contributed by atoms with van der Waals surface area (Å²) in [7, 11) is 3.67. The zero-order chi connectivity index (χ0) is 13.6. The van der Waals surface area contributed by atoms with Gasteiger partial charge < -0.3 is 15.0 Å². The highest BCUT2D eigenvalue weighted by Gasteiger charge is 2.43. The van der Waals surface area contributed by atoms with Gasteiger partial charge in [-0.2, -0.15) is 0 Å². The van der Waals surface area contributed by atoms with Crippen molar-refractivity contribution < 1.29 is 4.74 Å². The summed E-state index contributed by atoms with van der Waals surface area (Å²) in [6.07, 6.45) is 9.22. The van der Waals surface area contributed by atoms with Gasteiger partial charge in [0.1, 0.15) is 0 Å². The number of guanidine groups is 1. The summed E-state index contributed by atoms with van der Waals surface area (Å²) in [6.45, 7) is 4.31. The Morgan fingerprint density at radius 3 is 2.60 bits per heavy atom. The Morgan fingerprint density at radius 2 is 2.05 bits per heavy atom. The third-order valence-electron chi connectivity index (χ3n) is 4.67. The molecule has 1 saturated heterocycles. The van der Waals surface area contributed by atoms with Gasteiger partial charge in [0.05, 0.1) is 0 Å². The van der Waals surface area contributed by atoms with Crippen molar-refractivity contribution in [3.8, 4) is 0 Å². The topological polar surface area (TPSA) is 36.9 Å². The fourth-order valence-corrected chi connectivity index (χ4v) is 3.28. The van der Waals surface area contributed by atoms with Gasteiger partial charge in [0, 0.05) is 40.4 Å². The van der Waals surface area contributed by atoms with Crippen molar-refractivity contribution in [2.45, 2.75) is 44.9 Å². The molecule has 1 heterocycles. The van der Waals surface area contributed by atoms with Crippen molar-refractivity contribution in [3.63, 3.8) is 0 Å². The molecule has 1 N–H and O–H groups in total. The lowest BCUT2D eigenvalue weighted by molar-refractivity contribution is 0.151. The maximum Gasteiger partial charge on any atom is 0.193 e. The third kappa shape index (κ3) is 4.76. The lowest BCUT2D eigenvalue weighted by atomic mass is 9.68. The number of hydrogen-bond donors (Lipinski definition) is 1. The van der Waals surface area contributed by atoms with Crippen LogP contribution in [-0.4, -0.2) is 51.3 Å². The minimum absolute atomic E-state index is 0. The highest BCUT2D eigenvalue weighted by atomic mass is 127. The van der Waals surface area contributed by atoms with E-state index in [4.69, 9.17) is 4.74 Å². The Balaban J connectivity index is 0.00000200. The summed E-state index contributed by atoms with van der Waals surface area (Å²) in [6, 6.07) is 0. The molecule has 20 heavy (non-hydrogen) atoms. The Bertz CT molecular complexity index is 305. The van der Waals surface area contributed by atoms with Gasteiger partial charge in [-0.25, -0.2) is 0 Å². The van der Waals surface area contributed by atoms with E-state index in [1.807, 2.05) is 7.05 Å². The zero-order valence-electron chi connectivity index (χ0n) is 13.0. The van der Waals surface area contributed by atoms with Crippen LogP contribution < -0.4 is 5.32 Å². The molecular weight excluding hydrogens is 365 g/mol. The van der Waals surface area contributed by atoms with Crippen LogP contribution in [0.15, 0.2) is 4.99 Å². The fraction of sp³-hybridized carbons (Fsp3) is 0.933. The van der Waals surface area contributed by atoms with E-state index in [0.717, 1.165) is 25.5 Å². The number of nitrogens with one attached hydrogen (secondary N) is 1. The van der Waals surface area contributed by atoms with E-state index in [-0.39, 0.29) is 24.0 Å². The van der Waals surface area contributed by atoms with Crippen LogP contribution in [0.3, 0.4) is 0 Å². The molecule has 2 fully saturated rings. The van der Waals surface area contributed by atoms with Crippen molar-refractivity contribution in [3.05, 3.63) is 0 Å². The van der Waals surface area contributed by atoms with Crippen molar-refractivity contribution in [2.75, 3.05) is 40.4 Å². The van der Waals surface area contributed by atoms with E-state index in [1.54, 1.807) is 7.11 Å². The first-order valence-corrected chi connectivity index (χ1v) is 7.74. The molecule has 0 bridgehead atoms. The summed E-state index contributed by atoms with van der Waals surface area (Å²) < 4.78 is 5.06. The molecule has 0 radical (unpaired) electrons. The molecule has 2 aliphatic rings. The number of rotatable bonds is 6. The second-order valence-corrected chi connectivity index (χ2v) is 6.05. The molecule has 118 valence electrons. The average molecular weight is 395 g/mol. The van der Waals surface area contributed by atoms with E-state index in [0.29, 0.717) is 5.41 Å². The van der Waals surface area contributed by atoms with Crippen molar-refractivity contribution in [1.29, 1.82) is 0 Å². The van der Waals surface area contributed by atoms with E-state index in [2.05, 4.69) is 15.2 Å². The molecule has 5 heteroatoms. The van der Waals surface area contributed by atoms with Gasteiger partial charge in [0.15, 0.2) is 5.96 Å². The molecular formula is C15H30IN3O. The number of likely N-dealkylation sites (tertiary alicyclic amines) is 1. The summed E-state index contributed by atoms with van der Waals surface area (Å²) in [5.41, 5.74) is 0.649. The molecule has 4 nitrogen and oxygen atoms in total. The van der Waals surface area contributed by atoms with Crippen LogP contribution >= 0.6 is 24.0 Å². The third-order valence-corrected chi connectivity index (χ3v) is 4.67. The predicted molar refractivity (Wildman–Crippen MR) is 95.0 cm³/mol. The van der Waals surface area contributed by atoms with Crippen LogP contribution in [0.1, 0.15) is 44.9 Å². The second kappa shape index (κ2) is 9.07. The SMILES string of the molecule is CN=C(NCCCCCOC)N1CCC2(CCC2)C1.I. The lowest BCUT2D eigenvalue weighted by Crippen LogP contribution is -2.42. The van der Waals surface area contributed by atoms with Gasteiger partial charge in [0.25, 0.3) is 0 Å². The number of methoxy groups -OCH3 is 1. The Morgan fingerprint density at radius 1 is 1.25 bits per heavy atom. The van der Waals surface area contributed by atoms with Crippen LogP contribution in [-0.2, 0) is 4.74 Å². The molecule has 1 aliphatic carbocycles. The quantitative estimate of drug-likeness (QED) is 0.325. The Labute approximate surface area is 140 Å². The molecule has 0 unspecified atom stereocenters. The molecule has 0 atom stereocenters. The standard InChI is InChI=1S/C15H29N3O.HI/c1-16-14(17-10-4-3-5-12-19-2)18-11-9-15(13-18)7-6-8-15;/h3-13H2,1-2H3,(H,16,17);1H. The smallest absolute Gasteiger partial charge is 0.193 e. The average Bonchev–Trinajstić information content (AvgIpc) is 2.83. The van der Waals surface area contributed by atoms with Gasteiger partial charge >= 0.3 is 0 Å². The minimum atomic E-state index is 0. The maximum absolute atomic E-state index is 5.06. The van der Waals surface area contributed by atoms with E-state index < -0.39 is 0 Å². The van der Waals surface area contributed by atoms with Gasteiger partial charge in [-0.05, 0) is 43.9 Å². The van der Waals surface area contributed by atoms with E-state index in [9.17, 15) is 0 Å². The van der Waals surface area contributed by atoms with E-state index in [1.165, 1.54) is 51.6 Å². The number of nitrogens with zero attached hydrogens (tertiary/aromatic N) is 2. The molecule has 0 aromatic carbocycles. The molecule has 1 spiro atoms. The van der Waals surface area contributed by atoms with Gasteiger partial charge in [-0.3, -0.25) is 4.99 Å². The van der Waals surface area contributed by atoms with Crippen LogP contribution in [0.5, 0.6) is 0 Å². The van der Waals surface area contributed by atoms with Gasteiger partial charge in [0.2, 0.25) is 0 Å². The maximum atomic E-state index is 5.06. The summed E-state index contributed by atoms with van der Waals surface area (Å²) in [4.78, 5) is 6.89. The van der Waals surface area contributed by atoms with Crippen LogP contribution in [0.4, 0.5) is 0 Å². The van der Waals surface area contributed by atoms with Crippen LogP contribution in [0.25, 0.3) is 0 Å². The number of halogens is 1. The van der Waals surface area contributed by atoms with Crippen LogP contribution in [0, 0.1) is 5.41 Å². The monoisotopic (exact) mass is 395 g/mol. The Hall–Kier alpha value is -0.0400. The first-order chi connectivity index (χ1) is 9.29. The predicted octanol–water partition coefficient (Wildman–Crippen LogP) is 2.87. The highest BCUT2D eigenvalue weighted by Crippen LogP contribution is 2.47. The minimum Gasteiger partial charge on any atom is -0.385 e. The molecule has 1 saturated carbocycles. The molecule has 1 aliphatic heterocycles. The van der Waals surface area contributed by atoms with Crippen molar-refractivity contribution in [1.82, 2.24) is 10.2 Å². The first kappa shape index (κ1) is 18.0. The molecule has 0 aromatic heterocycles. The van der Waals surface area contributed by atoms with E-state index >= 15 is 0 Å². The second-order valence-electron chi connectivity index (χ2n) is 6.05. The van der Waals surface area contributed by atoms with Crippen molar-refractivity contribution >= 4 is 29.9 Å². The van der Waals surface area contributed by atoms with Crippen molar-refractivity contribution in [2.24, 2.45) is 10.4 Å². The number of hydrogen-bond acceptors (Lipinski definition) is 2.